The Bertz CT molecular complexity index is 837. The number of likely N-dealkylation sites (N-methyl/N-ethyl adjacent to an activating group) is 1. The highest BCUT2D eigenvalue weighted by Gasteiger charge is 2.36. The molecule has 1 heterocycles. The number of ether oxygens (including phenoxy) is 2. The van der Waals surface area contributed by atoms with E-state index >= 15 is 0 Å². The van der Waals surface area contributed by atoms with Gasteiger partial charge in [0.1, 0.15) is 0 Å². The average molecular weight is 408 g/mol. The maximum absolute atomic E-state index is 10.8. The zero-order valence-corrected chi connectivity index (χ0v) is 16.2. The molecule has 1 aliphatic carbocycles. The minimum Gasteiger partial charge on any atom is -0.504 e. The summed E-state index contributed by atoms with van der Waals surface area (Å²) in [5, 5.41) is 21.0. The van der Waals surface area contributed by atoms with Crippen LogP contribution in [0.2, 0.25) is 0 Å². The topological polar surface area (TPSA) is 62.2 Å². The van der Waals surface area contributed by atoms with Crippen LogP contribution >= 0.6 is 17.0 Å². The second-order valence-corrected chi connectivity index (χ2v) is 6.51. The van der Waals surface area contributed by atoms with Crippen molar-refractivity contribution in [3.05, 3.63) is 34.9 Å². The maximum atomic E-state index is 10.8. The van der Waals surface area contributed by atoms with E-state index in [-0.39, 0.29) is 34.5 Å². The van der Waals surface area contributed by atoms with Crippen molar-refractivity contribution < 1.29 is 19.7 Å². The molecule has 0 spiro atoms. The van der Waals surface area contributed by atoms with Crippen molar-refractivity contribution in [2.24, 2.45) is 0 Å². The first kappa shape index (κ1) is 17.9. The molecule has 25 heavy (non-hydrogen) atoms. The highest BCUT2D eigenvalue weighted by atomic mass is 79.9. The standard InChI is InChI=1S/C19H21NO4.BrH/c1-20-5-4-10-8-16(24-3)19(22)18-12-9-15(23-2)14(21)7-11(12)6-13(20)17(10)18;/h7-9,13,21-22H,4-6H2,1-3H3;1H/t13-;/m0./s1. The van der Waals surface area contributed by atoms with Crippen LogP contribution in [0.5, 0.6) is 23.0 Å². The molecule has 0 amide bonds. The van der Waals surface area contributed by atoms with Crippen LogP contribution in [0.4, 0.5) is 0 Å². The molecular weight excluding hydrogens is 386 g/mol. The third-order valence-electron chi connectivity index (χ3n) is 5.30. The van der Waals surface area contributed by atoms with Gasteiger partial charge in [0.05, 0.1) is 14.2 Å². The minimum atomic E-state index is 0. The van der Waals surface area contributed by atoms with Crippen LogP contribution in [-0.4, -0.2) is 42.9 Å². The summed E-state index contributed by atoms with van der Waals surface area (Å²) in [4.78, 5) is 2.31. The van der Waals surface area contributed by atoms with Gasteiger partial charge in [-0.3, -0.25) is 4.90 Å². The van der Waals surface area contributed by atoms with Gasteiger partial charge in [0.2, 0.25) is 0 Å². The summed E-state index contributed by atoms with van der Waals surface area (Å²) in [5.41, 5.74) is 5.11. The van der Waals surface area contributed by atoms with E-state index in [0.717, 1.165) is 36.1 Å². The van der Waals surface area contributed by atoms with Gasteiger partial charge in [-0.25, -0.2) is 0 Å². The lowest BCUT2D eigenvalue weighted by Gasteiger charge is -2.40. The van der Waals surface area contributed by atoms with E-state index in [1.165, 1.54) is 18.2 Å². The van der Waals surface area contributed by atoms with Gasteiger partial charge in [0.25, 0.3) is 0 Å². The SMILES string of the molecule is Br.COc1cc2c(cc1O)C[C@H]1c3c(cc(OC)c(O)c3-2)CCN1C. The molecule has 0 aromatic heterocycles. The van der Waals surface area contributed by atoms with Crippen LogP contribution in [-0.2, 0) is 12.8 Å². The third kappa shape index (κ3) is 2.55. The van der Waals surface area contributed by atoms with Crippen molar-refractivity contribution in [2.45, 2.75) is 18.9 Å². The number of hydrogen-bond acceptors (Lipinski definition) is 5. The quantitative estimate of drug-likeness (QED) is 0.797. The van der Waals surface area contributed by atoms with Crippen molar-refractivity contribution in [3.8, 4) is 34.1 Å². The van der Waals surface area contributed by atoms with E-state index in [1.807, 2.05) is 12.1 Å². The summed E-state index contributed by atoms with van der Waals surface area (Å²) in [6, 6.07) is 5.71. The Kier molecular flexibility index (Phi) is 4.60. The molecule has 1 aliphatic heterocycles. The second kappa shape index (κ2) is 6.42. The molecule has 2 aromatic carbocycles. The van der Waals surface area contributed by atoms with Crippen molar-refractivity contribution in [2.75, 3.05) is 27.8 Å². The van der Waals surface area contributed by atoms with Crippen molar-refractivity contribution >= 4 is 17.0 Å². The molecule has 134 valence electrons. The fourth-order valence-electron chi connectivity index (χ4n) is 4.05. The summed E-state index contributed by atoms with van der Waals surface area (Å²) in [5.74, 6) is 1.19. The maximum Gasteiger partial charge on any atom is 0.166 e. The largest absolute Gasteiger partial charge is 0.504 e. The van der Waals surface area contributed by atoms with Gasteiger partial charge in [0.15, 0.2) is 23.0 Å². The Balaban J connectivity index is 0.00000182. The number of methoxy groups -OCH3 is 2. The van der Waals surface area contributed by atoms with Gasteiger partial charge >= 0.3 is 0 Å². The molecule has 1 atom stereocenters. The van der Waals surface area contributed by atoms with E-state index in [9.17, 15) is 10.2 Å². The van der Waals surface area contributed by atoms with Crippen molar-refractivity contribution in [1.29, 1.82) is 0 Å². The lowest BCUT2D eigenvalue weighted by molar-refractivity contribution is 0.226. The molecule has 2 aromatic rings. The van der Waals surface area contributed by atoms with Crippen LogP contribution in [0.3, 0.4) is 0 Å². The van der Waals surface area contributed by atoms with Gasteiger partial charge in [0, 0.05) is 18.2 Å². The Morgan fingerprint density at radius 3 is 2.44 bits per heavy atom. The van der Waals surface area contributed by atoms with Crippen molar-refractivity contribution in [1.82, 2.24) is 4.90 Å². The minimum absolute atomic E-state index is 0. The summed E-state index contributed by atoms with van der Waals surface area (Å²) in [6.45, 7) is 0.961. The highest BCUT2D eigenvalue weighted by Crippen LogP contribution is 2.53. The predicted octanol–water partition coefficient (Wildman–Crippen LogP) is 3.45. The smallest absolute Gasteiger partial charge is 0.166 e. The molecule has 0 unspecified atom stereocenters. The molecule has 5 nitrogen and oxygen atoms in total. The molecule has 2 N–H and O–H groups in total. The Morgan fingerprint density at radius 1 is 1.04 bits per heavy atom. The zero-order chi connectivity index (χ0) is 17.0. The number of phenolic OH excluding ortho intramolecular Hbond substituents is 2. The van der Waals surface area contributed by atoms with Gasteiger partial charge in [-0.2, -0.15) is 0 Å². The zero-order valence-electron chi connectivity index (χ0n) is 14.5. The van der Waals surface area contributed by atoms with E-state index in [0.29, 0.717) is 11.5 Å². The Labute approximate surface area is 157 Å². The first-order chi connectivity index (χ1) is 11.5. The number of rotatable bonds is 2. The predicted molar refractivity (Wildman–Crippen MR) is 101 cm³/mol. The number of phenols is 2. The van der Waals surface area contributed by atoms with E-state index < -0.39 is 0 Å². The number of aromatic hydroxyl groups is 2. The number of benzene rings is 2. The van der Waals surface area contributed by atoms with Gasteiger partial charge in [-0.05, 0) is 60.3 Å². The monoisotopic (exact) mass is 407 g/mol. The molecule has 4 rings (SSSR count). The Morgan fingerprint density at radius 2 is 1.76 bits per heavy atom. The van der Waals surface area contributed by atoms with Crippen LogP contribution in [0, 0.1) is 0 Å². The van der Waals surface area contributed by atoms with Crippen molar-refractivity contribution in [3.63, 3.8) is 0 Å². The van der Waals surface area contributed by atoms with Crippen LogP contribution in [0.1, 0.15) is 22.7 Å². The Hall–Kier alpha value is -1.92. The summed E-state index contributed by atoms with van der Waals surface area (Å²) in [7, 11) is 5.20. The van der Waals surface area contributed by atoms with Gasteiger partial charge in [-0.15, -0.1) is 17.0 Å². The molecule has 0 saturated carbocycles. The normalized spacial score (nSPS) is 18.0. The molecule has 0 saturated heterocycles. The fourth-order valence-corrected chi connectivity index (χ4v) is 4.05. The third-order valence-corrected chi connectivity index (χ3v) is 5.30. The number of hydrogen-bond donors (Lipinski definition) is 2. The van der Waals surface area contributed by atoms with E-state index in [4.69, 9.17) is 9.47 Å². The molecule has 0 fully saturated rings. The fraction of sp³-hybridized carbons (Fsp3) is 0.368. The summed E-state index contributed by atoms with van der Waals surface area (Å²) >= 11 is 0. The lowest BCUT2D eigenvalue weighted by atomic mass is 9.76. The number of nitrogens with zero attached hydrogens (tertiary/aromatic N) is 1. The van der Waals surface area contributed by atoms with E-state index in [2.05, 4.69) is 11.9 Å². The lowest BCUT2D eigenvalue weighted by Crippen LogP contribution is -2.35. The molecule has 2 aliphatic rings. The van der Waals surface area contributed by atoms with Crippen LogP contribution in [0.15, 0.2) is 18.2 Å². The second-order valence-electron chi connectivity index (χ2n) is 6.51. The molecule has 0 radical (unpaired) electrons. The number of halogens is 1. The van der Waals surface area contributed by atoms with Crippen LogP contribution < -0.4 is 9.47 Å². The first-order valence-electron chi connectivity index (χ1n) is 8.08. The van der Waals surface area contributed by atoms with Crippen LogP contribution in [0.25, 0.3) is 11.1 Å². The summed E-state index contributed by atoms with van der Waals surface area (Å²) in [6.07, 6.45) is 1.73. The number of fused-ring (bicyclic) bond motifs is 2. The average Bonchev–Trinajstić information content (AvgIpc) is 2.58. The molecular formula is C19H22BrNO4. The highest BCUT2D eigenvalue weighted by molar-refractivity contribution is 8.93. The molecule has 6 heteroatoms. The van der Waals surface area contributed by atoms with Gasteiger partial charge in [-0.1, -0.05) is 0 Å². The summed E-state index contributed by atoms with van der Waals surface area (Å²) < 4.78 is 10.7. The van der Waals surface area contributed by atoms with Gasteiger partial charge < -0.3 is 19.7 Å². The van der Waals surface area contributed by atoms with E-state index in [1.54, 1.807) is 13.2 Å². The first-order valence-corrected chi connectivity index (χ1v) is 8.08. The molecule has 0 bridgehead atoms.